The summed E-state index contributed by atoms with van der Waals surface area (Å²) in [5, 5.41) is 10.1. The van der Waals surface area contributed by atoms with Crippen LogP contribution in [0.1, 0.15) is 45.6 Å². The number of carboxylic acid groups (broad SMARTS) is 1. The minimum atomic E-state index is -0.914. The topological polar surface area (TPSA) is 86.0 Å². The average Bonchev–Trinajstić information content (AvgIpc) is 3.49. The van der Waals surface area contributed by atoms with Gasteiger partial charge in [0.25, 0.3) is 0 Å². The second-order valence-corrected chi connectivity index (χ2v) is 11.8. The van der Waals surface area contributed by atoms with Gasteiger partial charge in [0, 0.05) is 30.3 Å². The Morgan fingerprint density at radius 2 is 2.05 bits per heavy atom. The van der Waals surface area contributed by atoms with Crippen molar-refractivity contribution in [3.63, 3.8) is 0 Å². The van der Waals surface area contributed by atoms with Crippen molar-refractivity contribution in [2.75, 3.05) is 26.3 Å². The van der Waals surface area contributed by atoms with Gasteiger partial charge in [0.05, 0.1) is 24.7 Å². The van der Waals surface area contributed by atoms with E-state index in [1.54, 1.807) is 6.07 Å². The number of nitrogens with zero attached hydrogens (tertiary/aromatic N) is 3. The first-order chi connectivity index (χ1) is 19.5. The van der Waals surface area contributed by atoms with Crippen LogP contribution in [0.25, 0.3) is 15.9 Å². The number of hydrogen-bond donors (Lipinski definition) is 1. The second-order valence-electron chi connectivity index (χ2n) is 10.3. The molecule has 1 fully saturated rings. The van der Waals surface area contributed by atoms with Crippen LogP contribution in [-0.4, -0.2) is 57.9 Å². The fraction of sp³-hybridized carbons (Fsp3) is 0.333. The van der Waals surface area contributed by atoms with Gasteiger partial charge in [-0.05, 0) is 48.2 Å². The zero-order chi connectivity index (χ0) is 27.2. The van der Waals surface area contributed by atoms with E-state index in [-0.39, 0.29) is 12.2 Å². The van der Waals surface area contributed by atoms with Crippen molar-refractivity contribution in [2.24, 2.45) is 0 Å². The molecule has 0 aliphatic carbocycles. The van der Waals surface area contributed by atoms with E-state index in [1.165, 1.54) is 16.9 Å². The third kappa shape index (κ3) is 4.88. The predicted octanol–water partition coefficient (Wildman–Crippen LogP) is 6.04. The third-order valence-electron chi connectivity index (χ3n) is 7.79. The lowest BCUT2D eigenvalue weighted by Crippen LogP contribution is -2.33. The summed E-state index contributed by atoms with van der Waals surface area (Å²) >= 11 is 7.28. The number of aromatic carboxylic acids is 1. The molecule has 0 spiro atoms. The van der Waals surface area contributed by atoms with Gasteiger partial charge in [0.2, 0.25) is 0 Å². The van der Waals surface area contributed by atoms with Crippen LogP contribution >= 0.6 is 22.9 Å². The smallest absolute Gasteiger partial charge is 0.346 e. The molecule has 0 amide bonds. The SMILES string of the molecule is O=C(O)c1cc2c(nc(CN3CC=C(c4cccc5c4OC[C@H](c4ccc(Cl)cc4)O5)CC3)n2C[C@@H]2CCO2)s1. The molecule has 2 aromatic carbocycles. The molecule has 0 unspecified atom stereocenters. The fourth-order valence-electron chi connectivity index (χ4n) is 5.52. The summed E-state index contributed by atoms with van der Waals surface area (Å²) < 4.78 is 20.4. The number of fused-ring (bicyclic) bond motifs is 2. The molecule has 1 N–H and O–H groups in total. The number of ether oxygens (including phenoxy) is 3. The molecule has 5 heterocycles. The molecule has 8 nitrogen and oxygen atoms in total. The van der Waals surface area contributed by atoms with E-state index in [0.29, 0.717) is 29.6 Å². The minimum Gasteiger partial charge on any atom is -0.485 e. The van der Waals surface area contributed by atoms with Crippen LogP contribution in [0, 0.1) is 0 Å². The maximum Gasteiger partial charge on any atom is 0.346 e. The highest BCUT2D eigenvalue weighted by atomic mass is 35.5. The molecule has 1 saturated heterocycles. The lowest BCUT2D eigenvalue weighted by atomic mass is 9.97. The molecule has 10 heteroatoms. The Kier molecular flexibility index (Phi) is 6.75. The van der Waals surface area contributed by atoms with Crippen molar-refractivity contribution in [2.45, 2.75) is 38.1 Å². The number of benzene rings is 2. The zero-order valence-corrected chi connectivity index (χ0v) is 23.3. The monoisotopic (exact) mass is 577 g/mol. The quantitative estimate of drug-likeness (QED) is 0.286. The van der Waals surface area contributed by atoms with Crippen LogP contribution in [0.2, 0.25) is 5.02 Å². The van der Waals surface area contributed by atoms with E-state index in [4.69, 9.17) is 30.8 Å². The van der Waals surface area contributed by atoms with Crippen molar-refractivity contribution >= 4 is 44.8 Å². The van der Waals surface area contributed by atoms with E-state index in [9.17, 15) is 9.90 Å². The van der Waals surface area contributed by atoms with E-state index >= 15 is 0 Å². The molecule has 206 valence electrons. The summed E-state index contributed by atoms with van der Waals surface area (Å²) in [6, 6.07) is 15.5. The normalized spacial score (nSPS) is 20.8. The van der Waals surface area contributed by atoms with Gasteiger partial charge >= 0.3 is 5.97 Å². The van der Waals surface area contributed by atoms with Gasteiger partial charge in [-0.2, -0.15) is 0 Å². The van der Waals surface area contributed by atoms with Gasteiger partial charge in [-0.25, -0.2) is 9.78 Å². The van der Waals surface area contributed by atoms with Crippen molar-refractivity contribution in [3.8, 4) is 11.5 Å². The molecule has 40 heavy (non-hydrogen) atoms. The Labute approximate surface area is 240 Å². The number of imidazole rings is 1. The van der Waals surface area contributed by atoms with Crippen LogP contribution < -0.4 is 9.47 Å². The molecule has 2 atom stereocenters. The Morgan fingerprint density at radius 3 is 2.77 bits per heavy atom. The van der Waals surface area contributed by atoms with Crippen LogP contribution in [-0.2, 0) is 17.8 Å². The third-order valence-corrected chi connectivity index (χ3v) is 9.05. The van der Waals surface area contributed by atoms with Gasteiger partial charge in [0.15, 0.2) is 17.6 Å². The molecule has 4 aromatic rings. The fourth-order valence-corrected chi connectivity index (χ4v) is 6.54. The highest BCUT2D eigenvalue weighted by molar-refractivity contribution is 7.20. The van der Waals surface area contributed by atoms with Crippen LogP contribution in [0.5, 0.6) is 11.5 Å². The number of hydrogen-bond acceptors (Lipinski definition) is 7. The molecule has 3 aliphatic rings. The predicted molar refractivity (Wildman–Crippen MR) is 154 cm³/mol. The number of halogens is 1. The van der Waals surface area contributed by atoms with Gasteiger partial charge in [0.1, 0.15) is 22.1 Å². The lowest BCUT2D eigenvalue weighted by molar-refractivity contribution is -0.0591. The summed E-state index contributed by atoms with van der Waals surface area (Å²) in [5.41, 5.74) is 4.25. The van der Waals surface area contributed by atoms with Gasteiger partial charge in [-0.1, -0.05) is 41.9 Å². The Balaban J connectivity index is 1.08. The Bertz CT molecular complexity index is 1610. The number of aromatic nitrogens is 2. The van der Waals surface area contributed by atoms with E-state index in [0.717, 1.165) is 71.3 Å². The van der Waals surface area contributed by atoms with Crippen LogP contribution in [0.3, 0.4) is 0 Å². The zero-order valence-electron chi connectivity index (χ0n) is 21.7. The highest BCUT2D eigenvalue weighted by Crippen LogP contribution is 2.43. The molecule has 0 bridgehead atoms. The van der Waals surface area contributed by atoms with Gasteiger partial charge in [-0.15, -0.1) is 11.3 Å². The number of para-hydroxylation sites is 1. The second kappa shape index (κ2) is 10.6. The number of carboxylic acids is 1. The van der Waals surface area contributed by atoms with Crippen molar-refractivity contribution < 1.29 is 24.1 Å². The minimum absolute atomic E-state index is 0.156. The summed E-state index contributed by atoms with van der Waals surface area (Å²) in [4.78, 5) is 19.8. The van der Waals surface area contributed by atoms with Crippen molar-refractivity contribution in [1.29, 1.82) is 0 Å². The molecule has 7 rings (SSSR count). The first kappa shape index (κ1) is 25.6. The summed E-state index contributed by atoms with van der Waals surface area (Å²) in [5.74, 6) is 1.60. The molecule has 2 aromatic heterocycles. The number of rotatable bonds is 7. The Hall–Kier alpha value is -3.37. The first-order valence-corrected chi connectivity index (χ1v) is 14.6. The summed E-state index contributed by atoms with van der Waals surface area (Å²) in [6.07, 6.45) is 4.14. The van der Waals surface area contributed by atoms with Crippen molar-refractivity contribution in [1.82, 2.24) is 14.5 Å². The standard InChI is InChI=1S/C30H28ClN3O5S/c31-20-6-4-19(5-7-20)25-17-38-28-22(2-1-3-24(28)39-25)18-8-11-33(12-9-18)16-27-32-29-23(14-26(40-29)30(35)36)34(27)15-21-10-13-37-21/h1-8,14,21,25H,9-13,15-17H2,(H,35,36)/t21-,25+/m0/s1. The molecule has 0 radical (unpaired) electrons. The maximum absolute atomic E-state index is 11.5. The first-order valence-electron chi connectivity index (χ1n) is 13.5. The lowest BCUT2D eigenvalue weighted by Gasteiger charge is -2.31. The molecular weight excluding hydrogens is 550 g/mol. The van der Waals surface area contributed by atoms with Gasteiger partial charge < -0.3 is 23.9 Å². The van der Waals surface area contributed by atoms with Gasteiger partial charge in [-0.3, -0.25) is 4.90 Å². The maximum atomic E-state index is 11.5. The summed E-state index contributed by atoms with van der Waals surface area (Å²) in [6.45, 7) is 4.27. The Morgan fingerprint density at radius 1 is 1.20 bits per heavy atom. The molecule has 0 saturated carbocycles. The van der Waals surface area contributed by atoms with E-state index < -0.39 is 5.97 Å². The van der Waals surface area contributed by atoms with Crippen LogP contribution in [0.15, 0.2) is 54.6 Å². The number of thiophene rings is 1. The van der Waals surface area contributed by atoms with E-state index in [2.05, 4.69) is 21.6 Å². The van der Waals surface area contributed by atoms with Crippen LogP contribution in [0.4, 0.5) is 0 Å². The highest BCUT2D eigenvalue weighted by Gasteiger charge is 2.28. The van der Waals surface area contributed by atoms with Crippen molar-refractivity contribution in [3.05, 3.63) is 81.5 Å². The molecular formula is C30H28ClN3O5S. The number of carbonyl (C=O) groups is 1. The largest absolute Gasteiger partial charge is 0.485 e. The molecule has 3 aliphatic heterocycles. The van der Waals surface area contributed by atoms with E-state index in [1.807, 2.05) is 36.4 Å². The summed E-state index contributed by atoms with van der Waals surface area (Å²) in [7, 11) is 0. The average molecular weight is 578 g/mol.